The van der Waals surface area contributed by atoms with E-state index < -0.39 is 0 Å². The molecule has 0 saturated heterocycles. The molecule has 1 aromatic heterocycles. The third kappa shape index (κ3) is 2.54. The van der Waals surface area contributed by atoms with Crippen molar-refractivity contribution in [2.45, 2.75) is 13.1 Å². The van der Waals surface area contributed by atoms with Crippen molar-refractivity contribution >= 4 is 35.1 Å². The number of aromatic nitrogens is 3. The maximum Gasteiger partial charge on any atom is 0.255 e. The number of hydrogen-bond donors (Lipinski definition) is 1. The summed E-state index contributed by atoms with van der Waals surface area (Å²) in [5.74, 6) is 1.31. The Morgan fingerprint density at radius 1 is 1.21 bits per heavy atom. The molecule has 24 heavy (non-hydrogen) atoms. The molecule has 0 aliphatic carbocycles. The van der Waals surface area contributed by atoms with Crippen molar-refractivity contribution in [1.82, 2.24) is 25.1 Å². The molecule has 2 aromatic rings. The number of nitrogens with zero attached hydrogens (tertiary/aromatic N) is 5. The van der Waals surface area contributed by atoms with Crippen LogP contribution < -0.4 is 10.4 Å². The van der Waals surface area contributed by atoms with Crippen LogP contribution in [0.5, 0.6) is 0 Å². The van der Waals surface area contributed by atoms with E-state index in [2.05, 4.69) is 15.6 Å². The zero-order valence-electron chi connectivity index (χ0n) is 12.6. The molecule has 0 atom stereocenters. The summed E-state index contributed by atoms with van der Waals surface area (Å²) < 4.78 is 2.01. The van der Waals surface area contributed by atoms with Gasteiger partial charge in [-0.1, -0.05) is 35.3 Å². The minimum Gasteiger partial charge on any atom is -0.329 e. The molecule has 0 bridgehead atoms. The van der Waals surface area contributed by atoms with Gasteiger partial charge in [0.25, 0.3) is 5.91 Å². The Kier molecular flexibility index (Phi) is 3.91. The molecule has 0 unspecified atom stereocenters. The van der Waals surface area contributed by atoms with Crippen LogP contribution in [0, 0.1) is 0 Å². The Hall–Kier alpha value is -2.09. The number of halogens is 2. The second-order valence-electron chi connectivity index (χ2n) is 5.51. The second kappa shape index (κ2) is 6.08. The summed E-state index contributed by atoms with van der Waals surface area (Å²) >= 11 is 12.2. The molecular weight excluding hydrogens is 351 g/mol. The van der Waals surface area contributed by atoms with Crippen LogP contribution in [0.2, 0.25) is 10.0 Å². The molecule has 2 aliphatic rings. The quantitative estimate of drug-likeness (QED) is 0.883. The molecule has 2 aliphatic heterocycles. The standard InChI is InChI=1S/C15H14Cl2N6O/c16-11-4-1-3-10(13(11)17)14(24)21-7-8-22-12(9-21)19-20-15(22)23-6-2-5-18-23/h1-4,6,18H,5,7-9H2. The number of hydrogen-bond acceptors (Lipinski definition) is 5. The van der Waals surface area contributed by atoms with Crippen molar-refractivity contribution < 1.29 is 4.79 Å². The Labute approximate surface area is 148 Å². The van der Waals surface area contributed by atoms with E-state index in [1.165, 1.54) is 0 Å². The first kappa shape index (κ1) is 15.4. The van der Waals surface area contributed by atoms with Crippen LogP contribution in [0.3, 0.4) is 0 Å². The van der Waals surface area contributed by atoms with Crippen LogP contribution in [-0.2, 0) is 13.1 Å². The number of benzene rings is 1. The Morgan fingerprint density at radius 2 is 2.08 bits per heavy atom. The van der Waals surface area contributed by atoms with Crippen LogP contribution in [0.25, 0.3) is 0 Å². The van der Waals surface area contributed by atoms with E-state index in [4.69, 9.17) is 23.2 Å². The highest BCUT2D eigenvalue weighted by Gasteiger charge is 2.28. The summed E-state index contributed by atoms with van der Waals surface area (Å²) in [6, 6.07) is 5.06. The molecule has 3 heterocycles. The Morgan fingerprint density at radius 3 is 2.88 bits per heavy atom. The highest BCUT2D eigenvalue weighted by molar-refractivity contribution is 6.43. The van der Waals surface area contributed by atoms with Gasteiger partial charge < -0.3 is 4.90 Å². The fourth-order valence-corrected chi connectivity index (χ4v) is 3.21. The van der Waals surface area contributed by atoms with E-state index in [9.17, 15) is 4.79 Å². The molecule has 4 rings (SSSR count). The topological polar surface area (TPSA) is 66.3 Å². The zero-order chi connectivity index (χ0) is 16.7. The lowest BCUT2D eigenvalue weighted by atomic mass is 10.2. The van der Waals surface area contributed by atoms with E-state index in [1.807, 2.05) is 21.9 Å². The molecule has 9 heteroatoms. The van der Waals surface area contributed by atoms with E-state index >= 15 is 0 Å². The lowest BCUT2D eigenvalue weighted by Gasteiger charge is -2.29. The van der Waals surface area contributed by atoms with Crippen molar-refractivity contribution in [3.63, 3.8) is 0 Å². The van der Waals surface area contributed by atoms with Crippen molar-refractivity contribution in [3.05, 3.63) is 51.9 Å². The van der Waals surface area contributed by atoms with Crippen molar-refractivity contribution in [2.75, 3.05) is 18.1 Å². The Bertz CT molecular complexity index is 833. The van der Waals surface area contributed by atoms with Gasteiger partial charge in [-0.25, -0.2) is 5.43 Å². The van der Waals surface area contributed by atoms with Crippen molar-refractivity contribution in [3.8, 4) is 0 Å². The number of anilines is 1. The second-order valence-corrected chi connectivity index (χ2v) is 6.30. The number of amides is 1. The van der Waals surface area contributed by atoms with Crippen molar-refractivity contribution in [1.29, 1.82) is 0 Å². The minimum absolute atomic E-state index is 0.155. The highest BCUT2D eigenvalue weighted by atomic mass is 35.5. The SMILES string of the molecule is O=C(c1cccc(Cl)c1Cl)N1CCn2c(nnc2N2C=CCN2)C1. The normalized spacial score (nSPS) is 16.6. The van der Waals surface area contributed by atoms with Crippen LogP contribution in [-0.4, -0.2) is 38.7 Å². The molecule has 0 saturated carbocycles. The maximum atomic E-state index is 12.7. The lowest BCUT2D eigenvalue weighted by Crippen LogP contribution is -2.40. The van der Waals surface area contributed by atoms with Crippen molar-refractivity contribution in [2.24, 2.45) is 0 Å². The fraction of sp³-hybridized carbons (Fsp3) is 0.267. The van der Waals surface area contributed by atoms with E-state index in [0.717, 1.165) is 18.3 Å². The van der Waals surface area contributed by atoms with Crippen LogP contribution >= 0.6 is 23.2 Å². The molecule has 0 spiro atoms. The van der Waals surface area contributed by atoms with Gasteiger partial charge in [0.1, 0.15) is 0 Å². The van der Waals surface area contributed by atoms with Crippen LogP contribution in [0.4, 0.5) is 5.95 Å². The zero-order valence-corrected chi connectivity index (χ0v) is 14.1. The van der Waals surface area contributed by atoms with Gasteiger partial charge in [-0.15, -0.1) is 10.2 Å². The van der Waals surface area contributed by atoms with Gasteiger partial charge in [-0.2, -0.15) is 0 Å². The van der Waals surface area contributed by atoms with Gasteiger partial charge >= 0.3 is 0 Å². The largest absolute Gasteiger partial charge is 0.329 e. The molecule has 0 fully saturated rings. The first-order valence-corrected chi connectivity index (χ1v) is 8.25. The average Bonchev–Trinajstić information content (AvgIpc) is 3.25. The summed E-state index contributed by atoms with van der Waals surface area (Å²) in [7, 11) is 0. The predicted octanol–water partition coefficient (Wildman–Crippen LogP) is 2.08. The predicted molar refractivity (Wildman–Crippen MR) is 90.8 cm³/mol. The Balaban J connectivity index is 1.57. The van der Waals surface area contributed by atoms with E-state index in [1.54, 1.807) is 23.1 Å². The smallest absolute Gasteiger partial charge is 0.255 e. The fourth-order valence-electron chi connectivity index (χ4n) is 2.83. The lowest BCUT2D eigenvalue weighted by molar-refractivity contribution is 0.0708. The minimum atomic E-state index is -0.155. The third-order valence-corrected chi connectivity index (χ3v) is 4.87. The summed E-state index contributed by atoms with van der Waals surface area (Å²) in [5.41, 5.74) is 3.57. The number of carbonyl (C=O) groups is 1. The summed E-state index contributed by atoms with van der Waals surface area (Å²) in [6.07, 6.45) is 3.92. The number of hydrazine groups is 1. The van der Waals surface area contributed by atoms with Gasteiger partial charge in [-0.05, 0) is 12.1 Å². The van der Waals surface area contributed by atoms with Gasteiger partial charge in [0, 0.05) is 25.8 Å². The van der Waals surface area contributed by atoms with Crippen LogP contribution in [0.15, 0.2) is 30.5 Å². The molecule has 124 valence electrons. The summed E-state index contributed by atoms with van der Waals surface area (Å²) in [4.78, 5) is 14.4. The van der Waals surface area contributed by atoms with Gasteiger partial charge in [-0.3, -0.25) is 14.4 Å². The maximum absolute atomic E-state index is 12.7. The van der Waals surface area contributed by atoms with Gasteiger partial charge in [0.05, 0.1) is 22.2 Å². The third-order valence-electron chi connectivity index (χ3n) is 4.05. The van der Waals surface area contributed by atoms with Gasteiger partial charge in [0.2, 0.25) is 5.95 Å². The van der Waals surface area contributed by atoms with Crippen LogP contribution in [0.1, 0.15) is 16.2 Å². The number of rotatable bonds is 2. The van der Waals surface area contributed by atoms with E-state index in [0.29, 0.717) is 30.2 Å². The monoisotopic (exact) mass is 364 g/mol. The highest BCUT2D eigenvalue weighted by Crippen LogP contribution is 2.28. The molecule has 0 radical (unpaired) electrons. The molecule has 1 aromatic carbocycles. The molecule has 1 amide bonds. The average molecular weight is 365 g/mol. The first-order valence-electron chi connectivity index (χ1n) is 7.50. The van der Waals surface area contributed by atoms with Gasteiger partial charge in [0.15, 0.2) is 5.82 Å². The summed E-state index contributed by atoms with van der Waals surface area (Å²) in [6.45, 7) is 2.32. The van der Waals surface area contributed by atoms with E-state index in [-0.39, 0.29) is 10.9 Å². The molecule has 1 N–H and O–H groups in total. The molecule has 7 nitrogen and oxygen atoms in total. The number of fused-ring (bicyclic) bond motifs is 1. The molecular formula is C15H14Cl2N6O. The first-order chi connectivity index (χ1) is 11.6. The summed E-state index contributed by atoms with van der Waals surface area (Å²) in [5, 5.41) is 10.9. The number of carbonyl (C=O) groups excluding carboxylic acids is 1. The number of nitrogens with one attached hydrogen (secondary N) is 1.